The summed E-state index contributed by atoms with van der Waals surface area (Å²) in [6, 6.07) is 0. The number of cyclic esters (lactones) is 3. The highest BCUT2D eigenvalue weighted by atomic mass is 16.6. The molecule has 5 N–H and O–H groups in total. The van der Waals surface area contributed by atoms with Gasteiger partial charge in [0.05, 0.1) is 69.6 Å². The summed E-state index contributed by atoms with van der Waals surface area (Å²) in [5.41, 5.74) is 14.9. The number of allylic oxidation sites excluding steroid dienone is 2. The first-order valence-corrected chi connectivity index (χ1v) is 42.7. The van der Waals surface area contributed by atoms with Crippen molar-refractivity contribution in [2.75, 3.05) is 26.9 Å². The Morgan fingerprint density at radius 1 is 0.468 bits per heavy atom. The Hall–Kier alpha value is -10.1. The van der Waals surface area contributed by atoms with E-state index in [0.717, 1.165) is 0 Å². The van der Waals surface area contributed by atoms with Crippen molar-refractivity contribution in [3.63, 3.8) is 0 Å². The molecule has 0 bridgehead atoms. The topological polar surface area (TPSA) is 542 Å². The van der Waals surface area contributed by atoms with Crippen molar-refractivity contribution < 1.29 is 131 Å². The SMILES string of the molecule is CC(=O)[C@H]1C(C)[C@@]1(C)C(C)=O.CC(=O)[C@H]1C(C)[C@@]1(C)C(C)=O.CC1[C@@H]2C(=O)N(C)C(=O)[C@]12C.CC1[C@@H]2C(=O)OC(=O)[C@]12C.CC1[C@@H]2COC(=O)[C@]12C.CC=CCOC(=O)C(C)=[N+]=[N-].CC=CCOC(=O)CC.[2H]N1C(=O)[C@H]2C(C)[C@@]2(C)C1=O.[2H][N-]C(=O)[C@H]1C(C)[C@@]1(C)C(C)=O.[2H][N-]C(=O)[C@H]1C(C)[C@@]1(C)C(C)=O.[2H][N-]C(=O)[C@]1(C)C(C)[C@@H]1C(C)=O.[2H][N-]C(=O)[C@]1(C)C(C)[C@@H]1C(C)=O. The lowest BCUT2D eigenvalue weighted by Crippen LogP contribution is -2.32. The zero-order valence-corrected chi connectivity index (χ0v) is 79.5. The maximum absolute atomic E-state index is 11.4. The number of ketones is 8. The minimum absolute atomic E-state index is 0.000000000000000222. The first-order valence-electron chi connectivity index (χ1n) is 44.9. The molecule has 33 heteroatoms. The normalized spacial score (nSPS) is 40.0. The van der Waals surface area contributed by atoms with Crippen LogP contribution in [-0.4, -0.2) is 166 Å². The number of imide groups is 2. The van der Waals surface area contributed by atoms with Gasteiger partial charge >= 0.3 is 35.6 Å². The van der Waals surface area contributed by atoms with Crippen LogP contribution in [0.25, 0.3) is 28.4 Å². The second-order valence-electron chi connectivity index (χ2n) is 38.3. The first-order chi connectivity index (χ1) is 60.0. The van der Waals surface area contributed by atoms with Crippen LogP contribution in [0.5, 0.6) is 0 Å². The highest BCUT2D eigenvalue weighted by molar-refractivity contribution is 6.32. The van der Waals surface area contributed by atoms with Gasteiger partial charge in [-0.1, -0.05) is 142 Å². The Kier molecular flexibility index (Phi) is 32.2. The lowest BCUT2D eigenvalue weighted by molar-refractivity contribution is -0.158. The van der Waals surface area contributed by atoms with Crippen LogP contribution in [0.15, 0.2) is 24.3 Å². The fraction of sp³-hybridized carbons (Fsp3) is 0.720. The number of nitrogens with zero attached hydrogens (tertiary/aromatic N) is 3. The number of hydrogen-bond donors (Lipinski definition) is 1. The Labute approximate surface area is 747 Å². The van der Waals surface area contributed by atoms with Crippen molar-refractivity contribution in [3.05, 3.63) is 52.7 Å². The van der Waals surface area contributed by atoms with Crippen molar-refractivity contribution in [3.8, 4) is 0 Å². The summed E-state index contributed by atoms with van der Waals surface area (Å²) in [5, 5.41) is 0.505. The molecule has 33 nitrogen and oxygen atoms in total. The molecule has 0 radical (unpaired) electrons. The molecule has 30 atom stereocenters. The number of carbonyl (C=O) groups excluding carboxylic acids is 21. The zero-order chi connectivity index (χ0) is 102. The van der Waals surface area contributed by atoms with Crippen LogP contribution in [0.1, 0.15) is 228 Å². The number of nitrogens with one attached hydrogen (secondary N) is 5. The van der Waals surface area contributed by atoms with E-state index in [1.54, 1.807) is 101 Å². The summed E-state index contributed by atoms with van der Waals surface area (Å²) < 4.78 is 51.9. The van der Waals surface area contributed by atoms with E-state index < -0.39 is 62.1 Å². The second kappa shape index (κ2) is 40.1. The smallest absolute Gasteiger partial charge is 0.416 e. The van der Waals surface area contributed by atoms with E-state index in [2.05, 4.69) is 44.1 Å². The molecule has 14 aliphatic rings. The number of Topliss-reactive ketones (excluding diaryl/α,β-unsaturated/α-hetero) is 8. The number of likely N-dealkylation sites (tertiary alicyclic amines) is 1. The number of amides is 8. The van der Waals surface area contributed by atoms with Crippen molar-refractivity contribution in [1.82, 2.24) is 10.2 Å². The monoisotopic (exact) mass is 1770 g/mol. The van der Waals surface area contributed by atoms with E-state index in [9.17, 15) is 101 Å². The van der Waals surface area contributed by atoms with Crippen LogP contribution < -0.4 is 5.31 Å². The molecule has 0 aromatic rings. The molecule has 0 spiro atoms. The van der Waals surface area contributed by atoms with Crippen LogP contribution in [0.4, 0.5) is 0 Å². The van der Waals surface area contributed by atoms with Gasteiger partial charge in [0.1, 0.15) is 59.5 Å². The van der Waals surface area contributed by atoms with Gasteiger partial charge in [0, 0.05) is 94.3 Å². The van der Waals surface area contributed by atoms with Gasteiger partial charge in [0.15, 0.2) is 1.41 Å². The first kappa shape index (κ1) is 101. The standard InChI is InChI=1S/2C9H14O2.C8H11NO2.4C8H13NO2.C7H10N2O2.C7H9NO2.C7H8O3.C7H10O2.C7H12O2/c2*1-5-8(6(2)10)9(5,4)7(3)11;1-4-5-6(10)9(3)7(11)8(4,5)2;2*1-4-6(7(9)11)8(4,3)5(2)10;2*1-4-6(5(2)10)8(4,3)7(9)11;1-3-4-5-11-7(10)6(2)9-8;1-3-4-5(9)8-6(10)7(3,4)2;1-3-4-5(8)10-6(9)7(3,4)2;1-4-5-3-9-6(8)7(4,5)2;1-3-5-6-9-7(8)4-2/h2*5,8H,1-4H3;4-5H,1-3H3;4*4,6H,1-3H3,(H2,9,11);3-4H,5H2,1-2H3;3-4H,1-2H3,(H,8,9,10);3-4H,1-2H3;4-5H,3H2,1-2H3;3,5H,4,6H2,1-2H3/p-4/t2*5?,8-,9+;4?,5-,8-;2*4?,6-,8+;2*4?,6-,8-;;2*3?,4-,7-;4?,5-,7+;/m1111111.110./s1/i/hD5. The summed E-state index contributed by atoms with van der Waals surface area (Å²) in [6.45, 7) is 57.6. The van der Waals surface area contributed by atoms with E-state index in [1.165, 1.54) is 39.5 Å². The van der Waals surface area contributed by atoms with Crippen molar-refractivity contribution in [2.24, 2.45) is 173 Å². The molecule has 4 saturated heterocycles. The fourth-order valence-electron chi connectivity index (χ4n) is 19.5. The largest absolute Gasteiger partial charge is 0.667 e. The Morgan fingerprint density at radius 3 is 1.01 bits per heavy atom. The van der Waals surface area contributed by atoms with Gasteiger partial charge in [-0.25, -0.2) is 4.79 Å². The maximum Gasteiger partial charge on any atom is 0.416 e. The minimum Gasteiger partial charge on any atom is -0.667 e. The predicted octanol–water partition coefficient (Wildman–Crippen LogP) is 12.2. The highest BCUT2D eigenvalue weighted by Crippen LogP contribution is 2.67. The Morgan fingerprint density at radius 2 is 0.810 bits per heavy atom. The van der Waals surface area contributed by atoms with Crippen LogP contribution in [-0.2, 0) is 120 Å². The molecule has 8 amide bonds. The number of esters is 5. The molecule has 0 aromatic carbocycles. The van der Waals surface area contributed by atoms with Crippen molar-refractivity contribution in [2.45, 2.75) is 228 Å². The molecule has 10 saturated carbocycles. The molecule has 4 heterocycles. The molecule has 10 aliphatic carbocycles. The average Bonchev–Trinajstić information content (AvgIpc) is 1.50. The minimum atomic E-state index is -0.687. The van der Waals surface area contributed by atoms with Gasteiger partial charge in [-0.3, -0.25) is 86.9 Å². The van der Waals surface area contributed by atoms with Crippen LogP contribution in [0, 0.1) is 173 Å². The predicted molar refractivity (Wildman–Crippen MR) is 459 cm³/mol. The van der Waals surface area contributed by atoms with Gasteiger partial charge in [-0.05, 0) is 156 Å². The number of carbonyl (C=O) groups is 21. The summed E-state index contributed by atoms with van der Waals surface area (Å²) in [7, 11) is 1.56. The van der Waals surface area contributed by atoms with Crippen LogP contribution in [0.3, 0.4) is 0 Å². The summed E-state index contributed by atoms with van der Waals surface area (Å²) in [5.74, 6) is -2.51. The van der Waals surface area contributed by atoms with E-state index in [4.69, 9.17) is 22.1 Å². The van der Waals surface area contributed by atoms with E-state index >= 15 is 0 Å². The number of ether oxygens (including phenoxy) is 4. The molecule has 0 aromatic heterocycles. The maximum atomic E-state index is 11.4. The summed E-state index contributed by atoms with van der Waals surface area (Å²) in [4.78, 5) is 235. The zero-order valence-electron chi connectivity index (χ0n) is 84.5. The number of rotatable bonds is 18. The quantitative estimate of drug-likeness (QED) is 0.0195. The molecular weight excluding hydrogens is 1630 g/mol. The molecule has 702 valence electrons. The summed E-state index contributed by atoms with van der Waals surface area (Å²) >= 11 is 0. The van der Waals surface area contributed by atoms with Gasteiger partial charge in [0.2, 0.25) is 23.6 Å². The number of hydrogen-bond acceptors (Lipinski definition) is 25. The van der Waals surface area contributed by atoms with Crippen molar-refractivity contribution in [1.29, 1.82) is 0 Å². The molecule has 4 aliphatic heterocycles. The molecule has 14 fully saturated rings. The third-order valence-electron chi connectivity index (χ3n) is 32.2. The fourth-order valence-corrected chi connectivity index (χ4v) is 19.5. The number of piperidine rings is 2. The van der Waals surface area contributed by atoms with E-state index in [0.29, 0.717) is 36.8 Å². The highest BCUT2D eigenvalue weighted by Gasteiger charge is 2.76. The van der Waals surface area contributed by atoms with Crippen LogP contribution in [0.2, 0.25) is 7.06 Å². The Bertz CT molecular complexity index is 4500. The second-order valence-corrected chi connectivity index (χ2v) is 38.3. The third-order valence-corrected chi connectivity index (χ3v) is 32.2. The molecule has 126 heavy (non-hydrogen) atoms. The van der Waals surface area contributed by atoms with Gasteiger partial charge < -0.3 is 66.6 Å². The van der Waals surface area contributed by atoms with E-state index in [1.807, 2.05) is 110 Å². The van der Waals surface area contributed by atoms with Crippen molar-refractivity contribution >= 4 is 129 Å². The summed E-state index contributed by atoms with van der Waals surface area (Å²) in [6.07, 6.45) is 7.55. The van der Waals surface area contributed by atoms with E-state index in [-0.39, 0.29) is 234 Å². The average molecular weight is 1770 g/mol. The number of fused-ring (bicyclic) bond motifs is 4. The lowest BCUT2D eigenvalue weighted by atomic mass is 9.99. The molecule has 14 rings (SSSR count). The van der Waals surface area contributed by atoms with Gasteiger partial charge in [0.25, 0.3) is 0 Å². The van der Waals surface area contributed by atoms with Gasteiger partial charge in [-0.2, -0.15) is 4.79 Å². The molecule has 10 unspecified atom stereocenters. The lowest BCUT2D eigenvalue weighted by Gasteiger charge is -2.12. The molecular formula is C93H136N8O25-4. The van der Waals surface area contributed by atoms with Gasteiger partial charge in [-0.15, -0.1) is 5.65 Å². The third kappa shape index (κ3) is 20.7. The van der Waals surface area contributed by atoms with Crippen LogP contribution >= 0.6 is 0 Å². The Balaban J connectivity index is 0.000000369.